The molecular weight excluding hydrogens is 436 g/mol. The van der Waals surface area contributed by atoms with Crippen LogP contribution in [0.5, 0.6) is 5.75 Å². The van der Waals surface area contributed by atoms with Crippen LogP contribution in [0.2, 0.25) is 5.02 Å². The van der Waals surface area contributed by atoms with E-state index in [0.29, 0.717) is 22.4 Å². The zero-order chi connectivity index (χ0) is 21.6. The summed E-state index contributed by atoms with van der Waals surface area (Å²) in [6, 6.07) is 14.8. The number of nitrogens with zero attached hydrogens (tertiary/aromatic N) is 3. The van der Waals surface area contributed by atoms with Gasteiger partial charge in [-0.3, -0.25) is 9.36 Å². The second-order valence-corrected chi connectivity index (χ2v) is 8.45. The van der Waals surface area contributed by atoms with Crippen LogP contribution in [0, 0.1) is 0 Å². The third-order valence-electron chi connectivity index (χ3n) is 4.96. The molecule has 4 rings (SSSR count). The third-order valence-corrected chi connectivity index (χ3v) is 6.25. The first-order valence-electron chi connectivity index (χ1n) is 10.0. The van der Waals surface area contributed by atoms with Gasteiger partial charge in [0.1, 0.15) is 5.75 Å². The molecule has 1 aliphatic rings. The maximum Gasteiger partial charge on any atom is 0.234 e. The number of hydrogen-bond acceptors (Lipinski definition) is 6. The van der Waals surface area contributed by atoms with Gasteiger partial charge in [0.25, 0.3) is 0 Å². The molecule has 1 aromatic heterocycles. The van der Waals surface area contributed by atoms with Crippen molar-refractivity contribution in [3.05, 3.63) is 53.6 Å². The van der Waals surface area contributed by atoms with Crippen LogP contribution in [-0.4, -0.2) is 46.2 Å². The summed E-state index contributed by atoms with van der Waals surface area (Å²) in [6.07, 6.45) is 2.16. The number of anilines is 1. The lowest BCUT2D eigenvalue weighted by Crippen LogP contribution is -2.18. The molecule has 1 aliphatic heterocycles. The second kappa shape index (κ2) is 10.2. The van der Waals surface area contributed by atoms with Gasteiger partial charge >= 0.3 is 0 Å². The summed E-state index contributed by atoms with van der Waals surface area (Å²) in [7, 11) is 1.64. The smallest absolute Gasteiger partial charge is 0.234 e. The minimum atomic E-state index is -0.157. The van der Waals surface area contributed by atoms with Crippen LogP contribution in [-0.2, 0) is 16.1 Å². The lowest BCUT2D eigenvalue weighted by Gasteiger charge is -2.15. The van der Waals surface area contributed by atoms with Crippen molar-refractivity contribution in [3.8, 4) is 17.1 Å². The summed E-state index contributed by atoms with van der Waals surface area (Å²) in [5, 5.41) is 12.8. The van der Waals surface area contributed by atoms with E-state index < -0.39 is 0 Å². The zero-order valence-electron chi connectivity index (χ0n) is 17.1. The van der Waals surface area contributed by atoms with Crippen LogP contribution in [0.15, 0.2) is 53.7 Å². The average molecular weight is 459 g/mol. The van der Waals surface area contributed by atoms with Crippen molar-refractivity contribution in [2.75, 3.05) is 24.8 Å². The number of halogens is 1. The van der Waals surface area contributed by atoms with E-state index in [4.69, 9.17) is 21.1 Å². The van der Waals surface area contributed by atoms with Gasteiger partial charge in [0.15, 0.2) is 11.0 Å². The van der Waals surface area contributed by atoms with E-state index in [1.54, 1.807) is 19.2 Å². The fourth-order valence-corrected chi connectivity index (χ4v) is 4.32. The fourth-order valence-electron chi connectivity index (χ4n) is 3.38. The maximum absolute atomic E-state index is 12.5. The summed E-state index contributed by atoms with van der Waals surface area (Å²) in [4.78, 5) is 12.5. The molecule has 0 aliphatic carbocycles. The predicted molar refractivity (Wildman–Crippen MR) is 122 cm³/mol. The number of rotatable bonds is 8. The van der Waals surface area contributed by atoms with Crippen molar-refractivity contribution >= 4 is 35.0 Å². The molecule has 0 saturated carbocycles. The number of thioether (sulfide) groups is 1. The first-order valence-corrected chi connectivity index (χ1v) is 11.4. The van der Waals surface area contributed by atoms with E-state index in [1.165, 1.54) is 11.8 Å². The van der Waals surface area contributed by atoms with Crippen LogP contribution in [0.25, 0.3) is 11.4 Å². The van der Waals surface area contributed by atoms with Crippen LogP contribution >= 0.6 is 23.4 Å². The molecule has 0 radical (unpaired) electrons. The first kappa shape index (κ1) is 21.7. The number of ether oxygens (including phenoxy) is 2. The van der Waals surface area contributed by atoms with Gasteiger partial charge in [-0.05, 0) is 49.2 Å². The topological polar surface area (TPSA) is 78.3 Å². The van der Waals surface area contributed by atoms with Crippen LogP contribution in [0.4, 0.5) is 5.69 Å². The second-order valence-electron chi connectivity index (χ2n) is 7.10. The summed E-state index contributed by atoms with van der Waals surface area (Å²) in [6.45, 7) is 1.41. The number of benzene rings is 2. The lowest BCUT2D eigenvalue weighted by atomic mass is 10.2. The Labute approximate surface area is 190 Å². The molecule has 162 valence electrons. The molecule has 31 heavy (non-hydrogen) atoms. The maximum atomic E-state index is 12.5. The molecule has 1 amide bonds. The van der Waals surface area contributed by atoms with Crippen molar-refractivity contribution in [1.82, 2.24) is 14.8 Å². The molecule has 0 spiro atoms. The normalized spacial score (nSPS) is 15.7. The number of carbonyl (C=O) groups is 1. The van der Waals surface area contributed by atoms with Crippen LogP contribution in [0.1, 0.15) is 12.8 Å². The molecule has 2 aromatic carbocycles. The Morgan fingerprint density at radius 2 is 2.06 bits per heavy atom. The Morgan fingerprint density at radius 1 is 1.26 bits per heavy atom. The highest BCUT2D eigenvalue weighted by Crippen LogP contribution is 2.28. The molecule has 1 N–H and O–H groups in total. The van der Waals surface area contributed by atoms with Gasteiger partial charge in [0.05, 0.1) is 36.2 Å². The highest BCUT2D eigenvalue weighted by molar-refractivity contribution is 7.99. The van der Waals surface area contributed by atoms with E-state index >= 15 is 0 Å². The standard InChI is InChI=1S/C22H23ClN4O3S/c1-29-16-10-8-15(9-11-16)21-25-26-22(27(21)13-17-5-4-12-30-17)31-14-20(28)24-19-7-3-2-6-18(19)23/h2-3,6-11,17H,4-5,12-14H2,1H3,(H,24,28). The lowest BCUT2D eigenvalue weighted by molar-refractivity contribution is -0.113. The fraction of sp³-hybridized carbons (Fsp3) is 0.318. The number of methoxy groups -OCH3 is 1. The quantitative estimate of drug-likeness (QED) is 0.500. The first-order chi connectivity index (χ1) is 15.1. The summed E-state index contributed by atoms with van der Waals surface area (Å²) >= 11 is 7.47. The average Bonchev–Trinajstić information content (AvgIpc) is 3.44. The van der Waals surface area contributed by atoms with E-state index in [-0.39, 0.29) is 17.8 Å². The van der Waals surface area contributed by atoms with Crippen molar-refractivity contribution in [2.24, 2.45) is 0 Å². The number of para-hydroxylation sites is 1. The van der Waals surface area contributed by atoms with Crippen molar-refractivity contribution in [2.45, 2.75) is 30.6 Å². The molecule has 1 atom stereocenters. The van der Waals surface area contributed by atoms with Crippen LogP contribution < -0.4 is 10.1 Å². The Balaban J connectivity index is 1.51. The summed E-state index contributed by atoms with van der Waals surface area (Å²) in [5.74, 6) is 1.56. The van der Waals surface area contributed by atoms with Crippen molar-refractivity contribution in [3.63, 3.8) is 0 Å². The number of hydrogen-bond donors (Lipinski definition) is 1. The van der Waals surface area contributed by atoms with Gasteiger partial charge in [0, 0.05) is 12.2 Å². The van der Waals surface area contributed by atoms with Gasteiger partial charge in [-0.2, -0.15) is 0 Å². The molecule has 1 saturated heterocycles. The minimum absolute atomic E-state index is 0.115. The van der Waals surface area contributed by atoms with E-state index in [1.807, 2.05) is 41.0 Å². The summed E-state index contributed by atoms with van der Waals surface area (Å²) < 4.78 is 13.1. The van der Waals surface area contributed by atoms with Gasteiger partial charge in [-0.15, -0.1) is 10.2 Å². The Bertz CT molecular complexity index is 1040. The Kier molecular flexibility index (Phi) is 7.11. The molecule has 9 heteroatoms. The Hall–Kier alpha value is -2.55. The van der Waals surface area contributed by atoms with Gasteiger partial charge in [-0.25, -0.2) is 0 Å². The minimum Gasteiger partial charge on any atom is -0.497 e. The number of nitrogens with one attached hydrogen (secondary N) is 1. The van der Waals surface area contributed by atoms with Gasteiger partial charge < -0.3 is 14.8 Å². The highest BCUT2D eigenvalue weighted by atomic mass is 35.5. The van der Waals surface area contributed by atoms with Crippen molar-refractivity contribution in [1.29, 1.82) is 0 Å². The van der Waals surface area contributed by atoms with E-state index in [9.17, 15) is 4.79 Å². The largest absolute Gasteiger partial charge is 0.497 e. The van der Waals surface area contributed by atoms with Crippen molar-refractivity contribution < 1.29 is 14.3 Å². The van der Waals surface area contributed by atoms with Gasteiger partial charge in [0.2, 0.25) is 5.91 Å². The molecule has 1 unspecified atom stereocenters. The number of aromatic nitrogens is 3. The number of carbonyl (C=O) groups excluding carboxylic acids is 1. The molecule has 1 fully saturated rings. The van der Waals surface area contributed by atoms with Gasteiger partial charge in [-0.1, -0.05) is 35.5 Å². The van der Waals surface area contributed by atoms with Crippen LogP contribution in [0.3, 0.4) is 0 Å². The molecule has 2 heterocycles. The number of amides is 1. The molecule has 0 bridgehead atoms. The van der Waals surface area contributed by atoms with E-state index in [2.05, 4.69) is 15.5 Å². The summed E-state index contributed by atoms with van der Waals surface area (Å²) in [5.41, 5.74) is 1.52. The Morgan fingerprint density at radius 3 is 2.77 bits per heavy atom. The SMILES string of the molecule is COc1ccc(-c2nnc(SCC(=O)Nc3ccccc3Cl)n2CC2CCCO2)cc1. The third kappa shape index (κ3) is 5.39. The molecule has 7 nitrogen and oxygen atoms in total. The molecule has 3 aromatic rings. The predicted octanol–water partition coefficient (Wildman–Crippen LogP) is 4.52. The molecular formula is C22H23ClN4O3S. The van der Waals surface area contributed by atoms with E-state index in [0.717, 1.165) is 36.6 Å². The highest BCUT2D eigenvalue weighted by Gasteiger charge is 2.22. The zero-order valence-corrected chi connectivity index (χ0v) is 18.7. The monoisotopic (exact) mass is 458 g/mol.